The van der Waals surface area contributed by atoms with Crippen molar-refractivity contribution in [2.45, 2.75) is 18.7 Å². The van der Waals surface area contributed by atoms with E-state index in [-0.39, 0.29) is 10.6 Å². The Labute approximate surface area is 124 Å². The van der Waals surface area contributed by atoms with Gasteiger partial charge in [0.2, 0.25) is 0 Å². The Morgan fingerprint density at radius 1 is 1.10 bits per heavy atom. The summed E-state index contributed by atoms with van der Waals surface area (Å²) in [6.07, 6.45) is 1.10. The van der Waals surface area contributed by atoms with E-state index in [0.29, 0.717) is 16.9 Å². The molecule has 108 valence electrons. The van der Waals surface area contributed by atoms with Crippen molar-refractivity contribution in [3.8, 4) is 17.6 Å². The van der Waals surface area contributed by atoms with Crippen molar-refractivity contribution in [2.75, 3.05) is 6.26 Å². The zero-order valence-electron chi connectivity index (χ0n) is 12.0. The minimum Gasteiger partial charge on any atom is -0.456 e. The molecule has 0 saturated carbocycles. The maximum absolute atomic E-state index is 11.9. The Morgan fingerprint density at radius 2 is 1.71 bits per heavy atom. The lowest BCUT2D eigenvalue weighted by Crippen LogP contribution is -2.03. The van der Waals surface area contributed by atoms with Gasteiger partial charge in [0, 0.05) is 6.26 Å². The molecule has 0 heterocycles. The fraction of sp³-hybridized carbons (Fsp3) is 0.188. The van der Waals surface area contributed by atoms with Crippen LogP contribution in [0.25, 0.3) is 0 Å². The molecule has 0 amide bonds. The summed E-state index contributed by atoms with van der Waals surface area (Å²) in [5.74, 6) is 0.818. The van der Waals surface area contributed by atoms with Crippen molar-refractivity contribution in [2.24, 2.45) is 0 Å². The van der Waals surface area contributed by atoms with Crippen LogP contribution in [0.5, 0.6) is 11.5 Å². The fourth-order valence-corrected chi connectivity index (χ4v) is 2.82. The average Bonchev–Trinajstić information content (AvgIpc) is 2.41. The van der Waals surface area contributed by atoms with E-state index in [9.17, 15) is 8.42 Å². The zero-order chi connectivity index (χ0) is 15.6. The molecule has 21 heavy (non-hydrogen) atoms. The minimum atomic E-state index is -3.49. The Hall–Kier alpha value is -2.32. The molecule has 0 saturated heterocycles. The van der Waals surface area contributed by atoms with Crippen molar-refractivity contribution in [3.05, 3.63) is 53.1 Å². The topological polar surface area (TPSA) is 67.2 Å². The molecular weight excluding hydrogens is 286 g/mol. The first kappa shape index (κ1) is 15.1. The molecule has 2 aromatic rings. The number of sulfone groups is 1. The van der Waals surface area contributed by atoms with E-state index in [0.717, 1.165) is 11.8 Å². The SMILES string of the molecule is Cc1ccc(Oc2c(C)cc(C#N)cc2S(C)(=O)=O)cc1. The second-order valence-corrected chi connectivity index (χ2v) is 6.90. The quantitative estimate of drug-likeness (QED) is 0.871. The molecule has 4 nitrogen and oxygen atoms in total. The van der Waals surface area contributed by atoms with Crippen molar-refractivity contribution in [3.63, 3.8) is 0 Å². The molecule has 5 heteroatoms. The lowest BCUT2D eigenvalue weighted by atomic mass is 10.1. The van der Waals surface area contributed by atoms with Crippen LogP contribution in [0.1, 0.15) is 16.7 Å². The number of ether oxygens (including phenoxy) is 1. The highest BCUT2D eigenvalue weighted by Crippen LogP contribution is 2.33. The van der Waals surface area contributed by atoms with Crippen LogP contribution >= 0.6 is 0 Å². The number of hydrogen-bond acceptors (Lipinski definition) is 4. The first-order valence-electron chi connectivity index (χ1n) is 6.30. The number of rotatable bonds is 3. The number of nitrogens with zero attached hydrogens (tertiary/aromatic N) is 1. The molecule has 0 aliphatic heterocycles. The molecule has 0 aromatic heterocycles. The van der Waals surface area contributed by atoms with Gasteiger partial charge in [-0.2, -0.15) is 5.26 Å². The molecule has 0 unspecified atom stereocenters. The maximum Gasteiger partial charge on any atom is 0.179 e. The Kier molecular flexibility index (Phi) is 4.01. The van der Waals surface area contributed by atoms with E-state index >= 15 is 0 Å². The lowest BCUT2D eigenvalue weighted by Gasteiger charge is -2.13. The average molecular weight is 301 g/mol. The molecular formula is C16H15NO3S. The van der Waals surface area contributed by atoms with Gasteiger partial charge < -0.3 is 4.74 Å². The highest BCUT2D eigenvalue weighted by atomic mass is 32.2. The van der Waals surface area contributed by atoms with Gasteiger partial charge in [-0.15, -0.1) is 0 Å². The summed E-state index contributed by atoms with van der Waals surface area (Å²) in [7, 11) is -3.49. The summed E-state index contributed by atoms with van der Waals surface area (Å²) in [4.78, 5) is 0.0274. The number of benzene rings is 2. The van der Waals surface area contributed by atoms with Gasteiger partial charge in [-0.25, -0.2) is 8.42 Å². The van der Waals surface area contributed by atoms with Crippen LogP contribution in [0.4, 0.5) is 0 Å². The molecule has 0 bridgehead atoms. The van der Waals surface area contributed by atoms with E-state index in [1.165, 1.54) is 6.07 Å². The van der Waals surface area contributed by atoms with Crippen LogP contribution in [-0.4, -0.2) is 14.7 Å². The third kappa shape index (κ3) is 3.41. The van der Waals surface area contributed by atoms with Crippen LogP contribution in [0.2, 0.25) is 0 Å². The Balaban J connectivity index is 2.57. The van der Waals surface area contributed by atoms with Gasteiger partial charge in [0.1, 0.15) is 16.4 Å². The van der Waals surface area contributed by atoms with E-state index < -0.39 is 9.84 Å². The summed E-state index contributed by atoms with van der Waals surface area (Å²) in [5, 5.41) is 8.98. The summed E-state index contributed by atoms with van der Waals surface area (Å²) < 4.78 is 29.6. The predicted molar refractivity (Wildman–Crippen MR) is 80.3 cm³/mol. The van der Waals surface area contributed by atoms with Crippen LogP contribution < -0.4 is 4.74 Å². The Bertz CT molecular complexity index is 816. The minimum absolute atomic E-state index is 0.0274. The Morgan fingerprint density at radius 3 is 2.24 bits per heavy atom. The fourth-order valence-electron chi connectivity index (χ4n) is 1.94. The number of hydrogen-bond donors (Lipinski definition) is 0. The third-order valence-corrected chi connectivity index (χ3v) is 4.11. The van der Waals surface area contributed by atoms with Crippen molar-refractivity contribution in [1.29, 1.82) is 5.26 Å². The number of nitriles is 1. The molecule has 0 atom stereocenters. The molecule has 0 radical (unpaired) electrons. The predicted octanol–water partition coefficient (Wildman–Crippen LogP) is 3.37. The zero-order valence-corrected chi connectivity index (χ0v) is 12.9. The summed E-state index contributed by atoms with van der Waals surface area (Å²) in [5.41, 5.74) is 1.99. The van der Waals surface area contributed by atoms with E-state index in [1.54, 1.807) is 25.1 Å². The van der Waals surface area contributed by atoms with E-state index in [2.05, 4.69) is 0 Å². The normalized spacial score (nSPS) is 11.0. The van der Waals surface area contributed by atoms with Crippen molar-refractivity contribution < 1.29 is 13.2 Å². The second kappa shape index (κ2) is 5.58. The van der Waals surface area contributed by atoms with E-state index in [4.69, 9.17) is 10.00 Å². The summed E-state index contributed by atoms with van der Waals surface area (Å²) >= 11 is 0. The van der Waals surface area contributed by atoms with Crippen LogP contribution in [0, 0.1) is 25.2 Å². The first-order chi connectivity index (χ1) is 9.81. The summed E-state index contributed by atoms with van der Waals surface area (Å²) in [6.45, 7) is 3.68. The highest BCUT2D eigenvalue weighted by Gasteiger charge is 2.19. The van der Waals surface area contributed by atoms with Gasteiger partial charge in [0.15, 0.2) is 9.84 Å². The molecule has 0 aliphatic rings. The highest BCUT2D eigenvalue weighted by molar-refractivity contribution is 7.90. The van der Waals surface area contributed by atoms with Crippen molar-refractivity contribution >= 4 is 9.84 Å². The third-order valence-electron chi connectivity index (χ3n) is 3.01. The lowest BCUT2D eigenvalue weighted by molar-refractivity contribution is 0.463. The largest absolute Gasteiger partial charge is 0.456 e. The van der Waals surface area contributed by atoms with Gasteiger partial charge in [-0.3, -0.25) is 0 Å². The molecule has 2 aromatic carbocycles. The molecule has 2 rings (SSSR count). The van der Waals surface area contributed by atoms with Gasteiger partial charge in [-0.05, 0) is 43.7 Å². The van der Waals surface area contributed by atoms with Gasteiger partial charge in [0.25, 0.3) is 0 Å². The monoisotopic (exact) mass is 301 g/mol. The van der Waals surface area contributed by atoms with Gasteiger partial charge >= 0.3 is 0 Å². The number of aryl methyl sites for hydroxylation is 2. The molecule has 0 aliphatic carbocycles. The summed E-state index contributed by atoms with van der Waals surface area (Å²) in [6, 6.07) is 12.2. The van der Waals surface area contributed by atoms with Crippen molar-refractivity contribution in [1.82, 2.24) is 0 Å². The van der Waals surface area contributed by atoms with Crippen LogP contribution in [0.3, 0.4) is 0 Å². The maximum atomic E-state index is 11.9. The first-order valence-corrected chi connectivity index (χ1v) is 8.20. The molecule has 0 fully saturated rings. The standard InChI is InChI=1S/C16H15NO3S/c1-11-4-6-14(7-5-11)20-16-12(2)8-13(10-17)9-15(16)21(3,18)19/h4-9H,1-3H3. The van der Waals surface area contributed by atoms with Gasteiger partial charge in [-0.1, -0.05) is 17.7 Å². The second-order valence-electron chi connectivity index (χ2n) is 4.92. The van der Waals surface area contributed by atoms with Crippen LogP contribution in [0.15, 0.2) is 41.3 Å². The van der Waals surface area contributed by atoms with Crippen LogP contribution in [-0.2, 0) is 9.84 Å². The smallest absolute Gasteiger partial charge is 0.179 e. The molecule has 0 spiro atoms. The van der Waals surface area contributed by atoms with Gasteiger partial charge in [0.05, 0.1) is 11.6 Å². The van der Waals surface area contributed by atoms with E-state index in [1.807, 2.05) is 25.1 Å². The molecule has 0 N–H and O–H groups in total.